The van der Waals surface area contributed by atoms with Gasteiger partial charge in [0, 0.05) is 19.6 Å². The van der Waals surface area contributed by atoms with Crippen molar-refractivity contribution in [2.75, 3.05) is 36.0 Å². The lowest BCUT2D eigenvalue weighted by molar-refractivity contribution is 0.226. The minimum atomic E-state index is 0.00555. The highest BCUT2D eigenvalue weighted by Gasteiger charge is 2.44. The summed E-state index contributed by atoms with van der Waals surface area (Å²) in [5.41, 5.74) is 3.45. The number of amides is 2. The van der Waals surface area contributed by atoms with Crippen LogP contribution < -0.4 is 9.80 Å². The van der Waals surface area contributed by atoms with E-state index in [2.05, 4.69) is 64.9 Å². The van der Waals surface area contributed by atoms with Crippen LogP contribution >= 0.6 is 0 Å². The van der Waals surface area contributed by atoms with E-state index >= 15 is 0 Å². The third-order valence-electron chi connectivity index (χ3n) is 7.15. The summed E-state index contributed by atoms with van der Waals surface area (Å²) >= 11 is 0. The topological polar surface area (TPSA) is 57.0 Å². The van der Waals surface area contributed by atoms with Crippen molar-refractivity contribution in [2.24, 2.45) is 4.99 Å². The standard InChI is InChI=1S/C28H32N6O/c1-2-15-32-26-24(25-29-23(20-34(25)28(32)35)18-21-11-5-3-6-12-21)33(19-22-13-7-4-8-14-22)27(30-26)31-16-9-10-17-31/h3-8,11-14,23H,2,9-10,15-20H2,1H3/t23-/m1/s1. The predicted octanol–water partition coefficient (Wildman–Crippen LogP) is 4.56. The molecule has 3 aliphatic rings. The van der Waals surface area contributed by atoms with Gasteiger partial charge >= 0.3 is 6.03 Å². The number of hydrogen-bond acceptors (Lipinski definition) is 4. The van der Waals surface area contributed by atoms with E-state index in [-0.39, 0.29) is 12.1 Å². The number of urea groups is 1. The molecule has 180 valence electrons. The van der Waals surface area contributed by atoms with E-state index in [0.29, 0.717) is 19.6 Å². The second-order valence-corrected chi connectivity index (χ2v) is 9.69. The van der Waals surface area contributed by atoms with Crippen molar-refractivity contribution in [1.29, 1.82) is 0 Å². The van der Waals surface area contributed by atoms with Gasteiger partial charge in [-0.15, -0.1) is 0 Å². The molecular formula is C28H32N6O. The number of benzene rings is 2. The van der Waals surface area contributed by atoms with Gasteiger partial charge in [0.1, 0.15) is 5.69 Å². The quantitative estimate of drug-likeness (QED) is 0.511. The first-order valence-electron chi connectivity index (χ1n) is 12.8. The fourth-order valence-corrected chi connectivity index (χ4v) is 5.51. The molecule has 2 amide bonds. The largest absolute Gasteiger partial charge is 0.342 e. The molecule has 1 fully saturated rings. The number of aromatic nitrogens is 2. The molecule has 3 aromatic rings. The SMILES string of the molecule is CCCN1C(=O)N2C[C@@H](Cc3ccccc3)N=C2c2c1nc(N1CCCC1)n2Cc1ccccc1. The lowest BCUT2D eigenvalue weighted by Crippen LogP contribution is -2.51. The summed E-state index contributed by atoms with van der Waals surface area (Å²) in [4.78, 5) is 30.1. The van der Waals surface area contributed by atoms with E-state index in [1.807, 2.05) is 21.9 Å². The Bertz CT molecular complexity index is 1230. The number of anilines is 2. The molecule has 2 aromatic carbocycles. The van der Waals surface area contributed by atoms with Crippen molar-refractivity contribution >= 4 is 23.6 Å². The molecule has 0 radical (unpaired) electrons. The van der Waals surface area contributed by atoms with Crippen LogP contribution in [0.15, 0.2) is 65.7 Å². The molecule has 0 N–H and O–H groups in total. The highest BCUT2D eigenvalue weighted by molar-refractivity contribution is 6.19. The van der Waals surface area contributed by atoms with Gasteiger partial charge in [0.05, 0.1) is 19.1 Å². The Balaban J connectivity index is 1.47. The van der Waals surface area contributed by atoms with Gasteiger partial charge in [-0.2, -0.15) is 4.98 Å². The number of nitrogens with zero attached hydrogens (tertiary/aromatic N) is 6. The van der Waals surface area contributed by atoms with Gasteiger partial charge in [-0.25, -0.2) is 4.79 Å². The average Bonchev–Trinajstić information content (AvgIpc) is 3.62. The van der Waals surface area contributed by atoms with Crippen LogP contribution in [0.1, 0.15) is 43.0 Å². The average molecular weight is 469 g/mol. The molecular weight excluding hydrogens is 436 g/mol. The van der Waals surface area contributed by atoms with Crippen LogP contribution in [0, 0.1) is 0 Å². The van der Waals surface area contributed by atoms with Gasteiger partial charge in [-0.3, -0.25) is 14.8 Å². The molecule has 1 atom stereocenters. The molecule has 4 heterocycles. The second-order valence-electron chi connectivity index (χ2n) is 9.69. The molecule has 7 heteroatoms. The second kappa shape index (κ2) is 9.21. The Morgan fingerprint density at radius 2 is 1.63 bits per heavy atom. The summed E-state index contributed by atoms with van der Waals surface area (Å²) in [6.07, 6.45) is 4.05. The molecule has 0 saturated carbocycles. The van der Waals surface area contributed by atoms with E-state index in [1.165, 1.54) is 24.0 Å². The smallest absolute Gasteiger partial charge is 0.331 e. The minimum absolute atomic E-state index is 0.00555. The highest BCUT2D eigenvalue weighted by atomic mass is 16.2. The van der Waals surface area contributed by atoms with Gasteiger partial charge in [0.2, 0.25) is 5.95 Å². The van der Waals surface area contributed by atoms with Gasteiger partial charge in [-0.05, 0) is 36.8 Å². The number of rotatable bonds is 7. The molecule has 0 aliphatic carbocycles. The van der Waals surface area contributed by atoms with Crippen LogP contribution in [0.5, 0.6) is 0 Å². The lowest BCUT2D eigenvalue weighted by atomic mass is 10.1. The Morgan fingerprint density at radius 1 is 0.943 bits per heavy atom. The number of imidazole rings is 1. The van der Waals surface area contributed by atoms with Crippen molar-refractivity contribution in [2.45, 2.75) is 45.2 Å². The van der Waals surface area contributed by atoms with Crippen LogP contribution in [0.4, 0.5) is 16.6 Å². The third-order valence-corrected chi connectivity index (χ3v) is 7.15. The van der Waals surface area contributed by atoms with Crippen LogP contribution in [0.2, 0.25) is 0 Å². The molecule has 0 unspecified atom stereocenters. The fourth-order valence-electron chi connectivity index (χ4n) is 5.51. The Labute approximate surface area is 206 Å². The Kier molecular flexibility index (Phi) is 5.76. The van der Waals surface area contributed by atoms with Crippen LogP contribution in [-0.2, 0) is 13.0 Å². The van der Waals surface area contributed by atoms with Crippen molar-refractivity contribution in [3.63, 3.8) is 0 Å². The number of carbonyl (C=O) groups excluding carboxylic acids is 1. The molecule has 0 spiro atoms. The number of fused-ring (bicyclic) bond motifs is 3. The molecule has 1 aromatic heterocycles. The van der Waals surface area contributed by atoms with Gasteiger partial charge in [0.25, 0.3) is 0 Å². The van der Waals surface area contributed by atoms with E-state index in [9.17, 15) is 4.79 Å². The monoisotopic (exact) mass is 468 g/mol. The van der Waals surface area contributed by atoms with E-state index in [0.717, 1.165) is 49.2 Å². The molecule has 3 aliphatic heterocycles. The van der Waals surface area contributed by atoms with E-state index in [1.54, 1.807) is 0 Å². The van der Waals surface area contributed by atoms with Crippen LogP contribution in [0.25, 0.3) is 0 Å². The summed E-state index contributed by atoms with van der Waals surface area (Å²) in [5.74, 6) is 2.51. The number of amidine groups is 1. The predicted molar refractivity (Wildman–Crippen MR) is 139 cm³/mol. The summed E-state index contributed by atoms with van der Waals surface area (Å²) in [5, 5.41) is 0. The number of carbonyl (C=O) groups is 1. The summed E-state index contributed by atoms with van der Waals surface area (Å²) in [7, 11) is 0. The van der Waals surface area contributed by atoms with Crippen LogP contribution in [0.3, 0.4) is 0 Å². The zero-order valence-corrected chi connectivity index (χ0v) is 20.3. The zero-order valence-electron chi connectivity index (χ0n) is 20.3. The molecule has 7 nitrogen and oxygen atoms in total. The lowest BCUT2D eigenvalue weighted by Gasteiger charge is -2.33. The fraction of sp³-hybridized carbons (Fsp3) is 0.393. The first-order chi connectivity index (χ1) is 17.2. The van der Waals surface area contributed by atoms with E-state index in [4.69, 9.17) is 9.98 Å². The molecule has 35 heavy (non-hydrogen) atoms. The first-order valence-corrected chi connectivity index (χ1v) is 12.8. The van der Waals surface area contributed by atoms with Crippen molar-refractivity contribution in [3.8, 4) is 0 Å². The summed E-state index contributed by atoms with van der Waals surface area (Å²) in [6.45, 7) is 6.08. The summed E-state index contributed by atoms with van der Waals surface area (Å²) in [6, 6.07) is 21.0. The van der Waals surface area contributed by atoms with Crippen LogP contribution in [-0.4, -0.2) is 58.5 Å². The summed E-state index contributed by atoms with van der Waals surface area (Å²) < 4.78 is 2.31. The van der Waals surface area contributed by atoms with E-state index < -0.39 is 0 Å². The van der Waals surface area contributed by atoms with Gasteiger partial charge in [-0.1, -0.05) is 67.6 Å². The van der Waals surface area contributed by atoms with Gasteiger partial charge < -0.3 is 9.47 Å². The van der Waals surface area contributed by atoms with Gasteiger partial charge in [0.15, 0.2) is 11.7 Å². The normalized spacial score (nSPS) is 19.2. The van der Waals surface area contributed by atoms with Crippen molar-refractivity contribution in [3.05, 3.63) is 77.5 Å². The van der Waals surface area contributed by atoms with Crippen molar-refractivity contribution in [1.82, 2.24) is 14.5 Å². The Morgan fingerprint density at radius 3 is 2.31 bits per heavy atom. The molecule has 0 bridgehead atoms. The Hall–Kier alpha value is -3.61. The maximum atomic E-state index is 13.7. The molecule has 1 saturated heterocycles. The minimum Gasteiger partial charge on any atom is -0.342 e. The number of hydrogen-bond donors (Lipinski definition) is 0. The zero-order chi connectivity index (χ0) is 23.8. The number of aliphatic imine (C=N–C) groups is 1. The van der Waals surface area contributed by atoms with Crippen molar-refractivity contribution < 1.29 is 4.79 Å². The third kappa shape index (κ3) is 3.99. The maximum Gasteiger partial charge on any atom is 0.331 e. The first kappa shape index (κ1) is 21.9. The highest BCUT2D eigenvalue weighted by Crippen LogP contribution is 2.37. The molecule has 6 rings (SSSR count). The maximum absolute atomic E-state index is 13.7.